The van der Waals surface area contributed by atoms with Gasteiger partial charge in [-0.05, 0) is 20.8 Å². The standard InChI is InChI=1S/C9H15NO4/c1-4-13-9(12)14-8(11)6(2)5-7(3)10/h5,7H,4,10H2,1-3H3. The van der Waals surface area contributed by atoms with E-state index in [1.807, 2.05) is 0 Å². The van der Waals surface area contributed by atoms with Gasteiger partial charge in [0.15, 0.2) is 0 Å². The highest BCUT2D eigenvalue weighted by atomic mass is 16.7. The smallest absolute Gasteiger partial charge is 0.434 e. The summed E-state index contributed by atoms with van der Waals surface area (Å²) in [5.41, 5.74) is 5.71. The molecule has 0 aliphatic carbocycles. The first-order chi connectivity index (χ1) is 6.47. The Morgan fingerprint density at radius 2 is 2.07 bits per heavy atom. The van der Waals surface area contributed by atoms with E-state index in [0.29, 0.717) is 0 Å². The second-order valence-corrected chi connectivity index (χ2v) is 2.78. The predicted octanol–water partition coefficient (Wildman–Crippen LogP) is 0.980. The molecule has 5 nitrogen and oxygen atoms in total. The van der Waals surface area contributed by atoms with E-state index in [9.17, 15) is 9.59 Å². The molecule has 0 aromatic rings. The molecule has 0 radical (unpaired) electrons. The van der Waals surface area contributed by atoms with E-state index in [1.165, 1.54) is 13.0 Å². The van der Waals surface area contributed by atoms with Crippen molar-refractivity contribution in [2.75, 3.05) is 6.61 Å². The SMILES string of the molecule is CCOC(=O)OC(=O)C(C)=CC(C)N. The van der Waals surface area contributed by atoms with Crippen LogP contribution >= 0.6 is 0 Å². The molecule has 0 saturated carbocycles. The van der Waals surface area contributed by atoms with E-state index in [2.05, 4.69) is 9.47 Å². The molecule has 0 aromatic heterocycles. The van der Waals surface area contributed by atoms with Gasteiger partial charge in [-0.25, -0.2) is 9.59 Å². The minimum absolute atomic E-state index is 0.169. The van der Waals surface area contributed by atoms with Crippen molar-refractivity contribution >= 4 is 12.1 Å². The molecule has 0 bridgehead atoms. The number of hydrogen-bond donors (Lipinski definition) is 1. The van der Waals surface area contributed by atoms with Gasteiger partial charge >= 0.3 is 12.1 Å². The molecule has 2 N–H and O–H groups in total. The van der Waals surface area contributed by atoms with Crippen molar-refractivity contribution in [1.29, 1.82) is 0 Å². The van der Waals surface area contributed by atoms with E-state index < -0.39 is 12.1 Å². The third-order valence-electron chi connectivity index (χ3n) is 1.27. The predicted molar refractivity (Wildman–Crippen MR) is 50.5 cm³/mol. The lowest BCUT2D eigenvalue weighted by Gasteiger charge is -2.03. The fraction of sp³-hybridized carbons (Fsp3) is 0.556. The Balaban J connectivity index is 4.15. The number of rotatable bonds is 3. The first kappa shape index (κ1) is 12.6. The van der Waals surface area contributed by atoms with Crippen molar-refractivity contribution in [3.05, 3.63) is 11.6 Å². The van der Waals surface area contributed by atoms with Crippen LogP contribution in [0, 0.1) is 0 Å². The lowest BCUT2D eigenvalue weighted by molar-refractivity contribution is -0.135. The number of nitrogens with two attached hydrogens (primary N) is 1. The molecule has 0 amide bonds. The first-order valence-corrected chi connectivity index (χ1v) is 4.30. The zero-order chi connectivity index (χ0) is 11.1. The number of carbonyl (C=O) groups excluding carboxylic acids is 2. The van der Waals surface area contributed by atoms with Crippen LogP contribution < -0.4 is 5.73 Å². The Morgan fingerprint density at radius 3 is 2.50 bits per heavy atom. The molecular weight excluding hydrogens is 186 g/mol. The van der Waals surface area contributed by atoms with Crippen LogP contribution in [0.25, 0.3) is 0 Å². The van der Waals surface area contributed by atoms with E-state index in [0.717, 1.165) is 0 Å². The summed E-state index contributed by atoms with van der Waals surface area (Å²) in [7, 11) is 0. The Labute approximate surface area is 82.9 Å². The zero-order valence-corrected chi connectivity index (χ0v) is 8.57. The van der Waals surface area contributed by atoms with E-state index >= 15 is 0 Å². The van der Waals surface area contributed by atoms with Crippen LogP contribution in [0.2, 0.25) is 0 Å². The molecule has 1 unspecified atom stereocenters. The Kier molecular flexibility index (Phi) is 5.55. The van der Waals surface area contributed by atoms with Crippen LogP contribution in [-0.4, -0.2) is 24.8 Å². The van der Waals surface area contributed by atoms with Crippen molar-refractivity contribution in [3.63, 3.8) is 0 Å². The summed E-state index contributed by atoms with van der Waals surface area (Å²) in [6, 6.07) is -0.259. The van der Waals surface area contributed by atoms with Gasteiger partial charge in [0.2, 0.25) is 0 Å². The Morgan fingerprint density at radius 1 is 1.50 bits per heavy atom. The van der Waals surface area contributed by atoms with Crippen molar-refractivity contribution in [2.45, 2.75) is 26.8 Å². The van der Waals surface area contributed by atoms with Crippen molar-refractivity contribution < 1.29 is 19.1 Å². The fourth-order valence-electron chi connectivity index (χ4n) is 0.766. The minimum atomic E-state index is -0.991. The van der Waals surface area contributed by atoms with Gasteiger partial charge in [-0.3, -0.25) is 0 Å². The molecule has 14 heavy (non-hydrogen) atoms. The summed E-state index contributed by atoms with van der Waals surface area (Å²) in [5, 5.41) is 0. The third-order valence-corrected chi connectivity index (χ3v) is 1.27. The molecule has 80 valence electrons. The average molecular weight is 201 g/mol. The maximum absolute atomic E-state index is 11.1. The lowest BCUT2D eigenvalue weighted by atomic mass is 10.2. The second-order valence-electron chi connectivity index (χ2n) is 2.78. The molecular formula is C9H15NO4. The second kappa shape index (κ2) is 6.15. The highest BCUT2D eigenvalue weighted by molar-refractivity contribution is 5.94. The highest BCUT2D eigenvalue weighted by Crippen LogP contribution is 1.99. The van der Waals surface area contributed by atoms with Gasteiger partial charge in [-0.15, -0.1) is 0 Å². The third kappa shape index (κ3) is 5.31. The summed E-state index contributed by atoms with van der Waals surface area (Å²) in [5.74, 6) is -0.735. The van der Waals surface area contributed by atoms with Crippen LogP contribution in [-0.2, 0) is 14.3 Å². The topological polar surface area (TPSA) is 78.6 Å². The van der Waals surface area contributed by atoms with Gasteiger partial charge in [0.25, 0.3) is 0 Å². The van der Waals surface area contributed by atoms with Gasteiger partial charge in [0, 0.05) is 11.6 Å². The molecule has 0 heterocycles. The first-order valence-electron chi connectivity index (χ1n) is 4.30. The maximum Gasteiger partial charge on any atom is 0.516 e. The zero-order valence-electron chi connectivity index (χ0n) is 8.57. The molecule has 0 fully saturated rings. The van der Waals surface area contributed by atoms with Crippen LogP contribution in [0.3, 0.4) is 0 Å². The van der Waals surface area contributed by atoms with Crippen molar-refractivity contribution in [2.24, 2.45) is 5.73 Å². The van der Waals surface area contributed by atoms with Crippen LogP contribution in [0.5, 0.6) is 0 Å². The number of hydrogen-bond acceptors (Lipinski definition) is 5. The molecule has 0 aliphatic heterocycles. The van der Waals surface area contributed by atoms with Gasteiger partial charge in [-0.1, -0.05) is 6.08 Å². The summed E-state index contributed by atoms with van der Waals surface area (Å²) in [6.07, 6.45) is 0.511. The van der Waals surface area contributed by atoms with Gasteiger partial charge in [0.1, 0.15) is 0 Å². The highest BCUT2D eigenvalue weighted by Gasteiger charge is 2.12. The summed E-state index contributed by atoms with van der Waals surface area (Å²) in [6.45, 7) is 5.02. The minimum Gasteiger partial charge on any atom is -0.434 e. The molecule has 0 rings (SSSR count). The number of carbonyl (C=O) groups is 2. The van der Waals surface area contributed by atoms with Gasteiger partial charge in [0.05, 0.1) is 6.61 Å². The van der Waals surface area contributed by atoms with E-state index in [1.54, 1.807) is 13.8 Å². The maximum atomic E-state index is 11.1. The van der Waals surface area contributed by atoms with Crippen LogP contribution in [0.4, 0.5) is 4.79 Å². The normalized spacial score (nSPS) is 13.3. The molecule has 5 heteroatoms. The van der Waals surface area contributed by atoms with Crippen LogP contribution in [0.15, 0.2) is 11.6 Å². The molecule has 0 spiro atoms. The lowest BCUT2D eigenvalue weighted by Crippen LogP contribution is -2.17. The number of ether oxygens (including phenoxy) is 2. The van der Waals surface area contributed by atoms with Gasteiger partial charge in [-0.2, -0.15) is 0 Å². The van der Waals surface area contributed by atoms with Crippen LogP contribution in [0.1, 0.15) is 20.8 Å². The molecule has 0 saturated heterocycles. The summed E-state index contributed by atoms with van der Waals surface area (Å²) < 4.78 is 8.76. The average Bonchev–Trinajstić information content (AvgIpc) is 2.02. The fourth-order valence-corrected chi connectivity index (χ4v) is 0.766. The van der Waals surface area contributed by atoms with Gasteiger partial charge < -0.3 is 15.2 Å². The molecule has 0 aromatic carbocycles. The van der Waals surface area contributed by atoms with Crippen molar-refractivity contribution in [3.8, 4) is 0 Å². The monoisotopic (exact) mass is 201 g/mol. The Bertz CT molecular complexity index is 245. The Hall–Kier alpha value is -1.36. The summed E-state index contributed by atoms with van der Waals surface area (Å²) >= 11 is 0. The largest absolute Gasteiger partial charge is 0.516 e. The molecule has 0 aliphatic rings. The molecule has 1 atom stereocenters. The number of esters is 1. The van der Waals surface area contributed by atoms with Crippen molar-refractivity contribution in [1.82, 2.24) is 0 Å². The van der Waals surface area contributed by atoms with E-state index in [-0.39, 0.29) is 18.2 Å². The van der Waals surface area contributed by atoms with E-state index in [4.69, 9.17) is 5.73 Å². The quantitative estimate of drug-likeness (QED) is 0.418. The summed E-state index contributed by atoms with van der Waals surface area (Å²) in [4.78, 5) is 21.8.